The first-order valence-electron chi connectivity index (χ1n) is 8.07. The molecule has 1 aliphatic heterocycles. The summed E-state index contributed by atoms with van der Waals surface area (Å²) >= 11 is 0. The van der Waals surface area contributed by atoms with E-state index in [0.29, 0.717) is 11.8 Å². The second-order valence-corrected chi connectivity index (χ2v) is 7.36. The Bertz CT molecular complexity index is 426. The Hall–Kier alpha value is -1.06. The van der Waals surface area contributed by atoms with Gasteiger partial charge in [-0.25, -0.2) is 0 Å². The molecule has 20 heavy (non-hydrogen) atoms. The van der Waals surface area contributed by atoms with Gasteiger partial charge in [-0.15, -0.1) is 0 Å². The van der Waals surface area contributed by atoms with Crippen molar-refractivity contribution in [2.75, 3.05) is 6.54 Å². The highest BCUT2D eigenvalue weighted by Gasteiger charge is 2.57. The van der Waals surface area contributed by atoms with Crippen molar-refractivity contribution in [1.29, 1.82) is 0 Å². The van der Waals surface area contributed by atoms with Crippen LogP contribution in [0.5, 0.6) is 0 Å². The smallest absolute Gasteiger partial charge is 0.246 e. The number of piperazine rings is 1. The Morgan fingerprint density at radius 1 is 1.25 bits per heavy atom. The second kappa shape index (κ2) is 4.74. The molecular formula is C16H26N2O2. The summed E-state index contributed by atoms with van der Waals surface area (Å²) in [6.07, 6.45) is 5.83. The highest BCUT2D eigenvalue weighted by Crippen LogP contribution is 2.46. The fourth-order valence-corrected chi connectivity index (χ4v) is 3.58. The first kappa shape index (κ1) is 13.9. The van der Waals surface area contributed by atoms with E-state index in [9.17, 15) is 9.59 Å². The summed E-state index contributed by atoms with van der Waals surface area (Å²) in [6.45, 7) is 6.77. The van der Waals surface area contributed by atoms with E-state index in [-0.39, 0.29) is 23.8 Å². The van der Waals surface area contributed by atoms with Gasteiger partial charge in [0.05, 0.1) is 0 Å². The normalized spacial score (nSPS) is 35.2. The molecule has 4 nitrogen and oxygen atoms in total. The lowest BCUT2D eigenvalue weighted by Crippen LogP contribution is -2.72. The van der Waals surface area contributed by atoms with Crippen LogP contribution in [0.3, 0.4) is 0 Å². The average Bonchev–Trinajstić information content (AvgIpc) is 3.15. The SMILES string of the molecule is CC(C)C1NC(=O)C(C)(C2CC2)N(CC2CCC2)C1=O. The molecule has 0 radical (unpaired) electrons. The number of amides is 2. The van der Waals surface area contributed by atoms with E-state index in [1.807, 2.05) is 25.7 Å². The summed E-state index contributed by atoms with van der Waals surface area (Å²) in [5.41, 5.74) is -0.599. The molecule has 3 fully saturated rings. The third-order valence-electron chi connectivity index (χ3n) is 5.54. The molecule has 1 heterocycles. The van der Waals surface area contributed by atoms with E-state index in [0.717, 1.165) is 19.4 Å². The van der Waals surface area contributed by atoms with Crippen molar-refractivity contribution in [1.82, 2.24) is 10.2 Å². The van der Waals surface area contributed by atoms with E-state index < -0.39 is 5.54 Å². The van der Waals surface area contributed by atoms with E-state index in [1.165, 1.54) is 19.3 Å². The van der Waals surface area contributed by atoms with Crippen molar-refractivity contribution < 1.29 is 9.59 Å². The quantitative estimate of drug-likeness (QED) is 0.854. The number of carbonyl (C=O) groups excluding carboxylic acids is 2. The molecule has 2 aliphatic carbocycles. The van der Waals surface area contributed by atoms with Crippen LogP contribution in [-0.2, 0) is 9.59 Å². The van der Waals surface area contributed by atoms with Gasteiger partial charge < -0.3 is 10.2 Å². The van der Waals surface area contributed by atoms with E-state index in [2.05, 4.69) is 5.32 Å². The second-order valence-electron chi connectivity index (χ2n) is 7.36. The summed E-state index contributed by atoms with van der Waals surface area (Å²) in [4.78, 5) is 27.4. The molecule has 4 heteroatoms. The summed E-state index contributed by atoms with van der Waals surface area (Å²) < 4.78 is 0. The van der Waals surface area contributed by atoms with Gasteiger partial charge in [-0.1, -0.05) is 20.3 Å². The summed E-state index contributed by atoms with van der Waals surface area (Å²) in [5, 5.41) is 2.99. The number of hydrogen-bond acceptors (Lipinski definition) is 2. The Morgan fingerprint density at radius 3 is 2.35 bits per heavy atom. The van der Waals surface area contributed by atoms with Gasteiger partial charge in [-0.2, -0.15) is 0 Å². The third kappa shape index (κ3) is 2.04. The van der Waals surface area contributed by atoms with Crippen LogP contribution < -0.4 is 5.32 Å². The Morgan fingerprint density at radius 2 is 1.90 bits per heavy atom. The highest BCUT2D eigenvalue weighted by molar-refractivity contribution is 6.00. The lowest BCUT2D eigenvalue weighted by molar-refractivity contribution is -0.160. The van der Waals surface area contributed by atoms with Crippen LogP contribution in [0.2, 0.25) is 0 Å². The molecule has 0 spiro atoms. The maximum atomic E-state index is 12.8. The van der Waals surface area contributed by atoms with Crippen molar-refractivity contribution in [3.63, 3.8) is 0 Å². The van der Waals surface area contributed by atoms with Crippen molar-refractivity contribution in [3.05, 3.63) is 0 Å². The third-order valence-corrected chi connectivity index (χ3v) is 5.54. The first-order valence-corrected chi connectivity index (χ1v) is 8.07. The molecule has 0 aromatic carbocycles. The lowest BCUT2D eigenvalue weighted by Gasteiger charge is -2.49. The molecule has 2 unspecified atom stereocenters. The molecule has 112 valence electrons. The molecule has 0 bridgehead atoms. The van der Waals surface area contributed by atoms with Crippen LogP contribution >= 0.6 is 0 Å². The monoisotopic (exact) mass is 278 g/mol. The van der Waals surface area contributed by atoms with Gasteiger partial charge in [0.2, 0.25) is 11.8 Å². The molecule has 2 saturated carbocycles. The fraction of sp³-hybridized carbons (Fsp3) is 0.875. The topological polar surface area (TPSA) is 49.4 Å². The molecular weight excluding hydrogens is 252 g/mol. The number of carbonyl (C=O) groups is 2. The maximum Gasteiger partial charge on any atom is 0.246 e. The van der Waals surface area contributed by atoms with Crippen LogP contribution in [0.25, 0.3) is 0 Å². The van der Waals surface area contributed by atoms with Gasteiger partial charge in [-0.3, -0.25) is 9.59 Å². The Balaban J connectivity index is 1.87. The zero-order valence-corrected chi connectivity index (χ0v) is 12.8. The van der Waals surface area contributed by atoms with Gasteiger partial charge >= 0.3 is 0 Å². The van der Waals surface area contributed by atoms with Gasteiger partial charge in [0.15, 0.2) is 0 Å². The first-order chi connectivity index (χ1) is 9.44. The zero-order chi connectivity index (χ0) is 14.5. The Labute approximate surface area is 121 Å². The van der Waals surface area contributed by atoms with Crippen LogP contribution in [0.15, 0.2) is 0 Å². The number of nitrogens with one attached hydrogen (secondary N) is 1. The van der Waals surface area contributed by atoms with Crippen LogP contribution in [-0.4, -0.2) is 34.8 Å². The maximum absolute atomic E-state index is 12.8. The minimum atomic E-state index is -0.599. The van der Waals surface area contributed by atoms with Crippen molar-refractivity contribution in [2.24, 2.45) is 17.8 Å². The largest absolute Gasteiger partial charge is 0.342 e. The molecule has 0 aromatic heterocycles. The summed E-state index contributed by atoms with van der Waals surface area (Å²) in [5.74, 6) is 1.33. The van der Waals surface area contributed by atoms with E-state index in [4.69, 9.17) is 0 Å². The molecule has 1 N–H and O–H groups in total. The predicted molar refractivity (Wildman–Crippen MR) is 77.0 cm³/mol. The molecule has 2 amide bonds. The average molecular weight is 278 g/mol. The van der Waals surface area contributed by atoms with Crippen LogP contribution in [0, 0.1) is 17.8 Å². The van der Waals surface area contributed by atoms with Crippen molar-refractivity contribution in [3.8, 4) is 0 Å². The zero-order valence-electron chi connectivity index (χ0n) is 12.8. The highest BCUT2D eigenvalue weighted by atomic mass is 16.2. The summed E-state index contributed by atoms with van der Waals surface area (Å²) in [6, 6.07) is -0.339. The standard InChI is InChI=1S/C16H26N2O2/c1-10(2)13-14(19)18(9-11-5-4-6-11)16(3,12-7-8-12)15(20)17-13/h10-13H,4-9H2,1-3H3,(H,17,20). The fourth-order valence-electron chi connectivity index (χ4n) is 3.58. The minimum absolute atomic E-state index is 0.0672. The molecule has 2 atom stereocenters. The van der Waals surface area contributed by atoms with Crippen molar-refractivity contribution >= 4 is 11.8 Å². The van der Waals surface area contributed by atoms with Gasteiger partial charge in [0, 0.05) is 6.54 Å². The van der Waals surface area contributed by atoms with Crippen LogP contribution in [0.1, 0.15) is 52.9 Å². The number of hydrogen-bond donors (Lipinski definition) is 1. The van der Waals surface area contributed by atoms with Crippen molar-refractivity contribution in [2.45, 2.75) is 64.5 Å². The van der Waals surface area contributed by atoms with Gasteiger partial charge in [0.25, 0.3) is 0 Å². The van der Waals surface area contributed by atoms with Gasteiger partial charge in [0.1, 0.15) is 11.6 Å². The molecule has 3 aliphatic rings. The van der Waals surface area contributed by atoms with E-state index in [1.54, 1.807) is 0 Å². The number of rotatable bonds is 4. The minimum Gasteiger partial charge on any atom is -0.342 e. The van der Waals surface area contributed by atoms with Gasteiger partial charge in [-0.05, 0) is 50.4 Å². The predicted octanol–water partition coefficient (Wildman–Crippen LogP) is 1.94. The molecule has 0 aromatic rings. The number of nitrogens with zero attached hydrogens (tertiary/aromatic N) is 1. The van der Waals surface area contributed by atoms with Crippen LogP contribution in [0.4, 0.5) is 0 Å². The lowest BCUT2D eigenvalue weighted by atomic mass is 9.80. The molecule has 1 saturated heterocycles. The summed E-state index contributed by atoms with van der Waals surface area (Å²) in [7, 11) is 0. The Kier molecular flexibility index (Phi) is 3.30. The molecule has 3 rings (SSSR count). The van der Waals surface area contributed by atoms with E-state index >= 15 is 0 Å².